The summed E-state index contributed by atoms with van der Waals surface area (Å²) in [6, 6.07) is 4.42. The van der Waals surface area contributed by atoms with Crippen molar-refractivity contribution in [2.75, 3.05) is 45.5 Å². The molecule has 3 atom stereocenters. The summed E-state index contributed by atoms with van der Waals surface area (Å²) in [7, 11) is -5.60. The van der Waals surface area contributed by atoms with Crippen molar-refractivity contribution in [1.29, 1.82) is 0 Å². The van der Waals surface area contributed by atoms with Gasteiger partial charge in [0.1, 0.15) is 6.61 Å². The van der Waals surface area contributed by atoms with Crippen molar-refractivity contribution in [2.24, 2.45) is 5.92 Å². The minimum atomic E-state index is -3.57. The Morgan fingerprint density at radius 3 is 2.80 bits per heavy atom. The predicted octanol–water partition coefficient (Wildman–Crippen LogP) is 1.40. The molecule has 1 N–H and O–H groups in total. The lowest BCUT2D eigenvalue weighted by molar-refractivity contribution is -0.194. The Labute approximate surface area is 208 Å². The van der Waals surface area contributed by atoms with E-state index in [4.69, 9.17) is 9.78 Å². The Hall–Kier alpha value is -1.28. The van der Waals surface area contributed by atoms with Crippen LogP contribution in [0.25, 0.3) is 0 Å². The molecular weight excluding hydrogens is 492 g/mol. The van der Waals surface area contributed by atoms with Crippen LogP contribution in [0.2, 0.25) is 0 Å². The van der Waals surface area contributed by atoms with Crippen molar-refractivity contribution < 1.29 is 26.6 Å². The number of rotatable bonds is 8. The molecule has 4 aliphatic heterocycles. The molecule has 0 amide bonds. The van der Waals surface area contributed by atoms with E-state index in [9.17, 15) is 16.8 Å². The highest BCUT2D eigenvalue weighted by atomic mass is 32.2. The Kier molecular flexibility index (Phi) is 7.16. The average Bonchev–Trinajstić information content (AvgIpc) is 3.28. The van der Waals surface area contributed by atoms with E-state index in [1.54, 1.807) is 11.2 Å². The fourth-order valence-electron chi connectivity index (χ4n) is 6.18. The second kappa shape index (κ2) is 9.88. The fourth-order valence-corrected chi connectivity index (χ4v) is 8.94. The topological polar surface area (TPSA) is 108 Å². The molecule has 0 bridgehead atoms. The number of fused-ring (bicyclic) bond motifs is 5. The molecule has 12 heteroatoms. The standard InChI is InChI=1S/C23H36N4O6S2/c1-3-24-35(30,31)25(2)8-5-11-34(28,29)27-9-4-6-18-15-26-10-7-17-12-19-16-32-33-23(19)13-20(17)22(26)14-21(18)27/h12-13,18,21-22,24H,3-11,14-16H2,1-2H3/t18-,21+,22-/m0/s1. The summed E-state index contributed by atoms with van der Waals surface area (Å²) in [5, 5.41) is 0. The quantitative estimate of drug-likeness (QED) is 0.508. The molecule has 5 rings (SSSR count). The molecule has 0 saturated carbocycles. The van der Waals surface area contributed by atoms with Gasteiger partial charge in [-0.1, -0.05) is 6.92 Å². The molecule has 0 spiro atoms. The van der Waals surface area contributed by atoms with E-state index in [2.05, 4.69) is 21.8 Å². The number of hydrogen-bond donors (Lipinski definition) is 1. The van der Waals surface area contributed by atoms with Crippen molar-refractivity contribution in [3.63, 3.8) is 0 Å². The number of nitrogens with one attached hydrogen (secondary N) is 1. The van der Waals surface area contributed by atoms with Crippen molar-refractivity contribution in [3.05, 3.63) is 28.8 Å². The first-order valence-corrected chi connectivity index (χ1v) is 15.6. The molecule has 0 aromatic heterocycles. The zero-order valence-corrected chi connectivity index (χ0v) is 22.1. The van der Waals surface area contributed by atoms with Crippen LogP contribution >= 0.6 is 0 Å². The molecule has 4 aliphatic rings. The van der Waals surface area contributed by atoms with Crippen LogP contribution in [-0.2, 0) is 38.1 Å². The number of piperidine rings is 2. The first kappa shape index (κ1) is 25.4. The molecule has 1 aromatic carbocycles. The average molecular weight is 529 g/mol. The Morgan fingerprint density at radius 2 is 2.00 bits per heavy atom. The van der Waals surface area contributed by atoms with Crippen molar-refractivity contribution >= 4 is 20.2 Å². The first-order chi connectivity index (χ1) is 16.7. The van der Waals surface area contributed by atoms with E-state index in [0.29, 0.717) is 25.6 Å². The van der Waals surface area contributed by atoms with E-state index in [0.717, 1.165) is 50.1 Å². The third-order valence-corrected chi connectivity index (χ3v) is 11.6. The van der Waals surface area contributed by atoms with Gasteiger partial charge in [0.05, 0.1) is 5.75 Å². The van der Waals surface area contributed by atoms with Crippen LogP contribution in [-0.4, -0.2) is 81.9 Å². The highest BCUT2D eigenvalue weighted by Gasteiger charge is 2.46. The highest BCUT2D eigenvalue weighted by molar-refractivity contribution is 7.89. The van der Waals surface area contributed by atoms with Gasteiger partial charge in [0, 0.05) is 57.4 Å². The van der Waals surface area contributed by atoms with Crippen LogP contribution in [0.15, 0.2) is 12.1 Å². The highest BCUT2D eigenvalue weighted by Crippen LogP contribution is 2.45. The predicted molar refractivity (Wildman–Crippen MR) is 131 cm³/mol. The van der Waals surface area contributed by atoms with Gasteiger partial charge in [-0.3, -0.25) is 4.90 Å². The maximum absolute atomic E-state index is 13.4. The Balaban J connectivity index is 1.30. The minimum absolute atomic E-state index is 0.0328. The van der Waals surface area contributed by atoms with Gasteiger partial charge in [-0.05, 0) is 61.3 Å². The van der Waals surface area contributed by atoms with Gasteiger partial charge in [0.2, 0.25) is 10.0 Å². The number of nitrogens with zero attached hydrogens (tertiary/aromatic N) is 3. The lowest BCUT2D eigenvalue weighted by atomic mass is 9.77. The van der Waals surface area contributed by atoms with Crippen LogP contribution < -0.4 is 9.61 Å². The molecule has 2 fully saturated rings. The lowest BCUT2D eigenvalue weighted by Gasteiger charge is -2.51. The Bertz CT molecular complexity index is 1160. The van der Waals surface area contributed by atoms with Crippen molar-refractivity contribution in [1.82, 2.24) is 18.2 Å². The summed E-state index contributed by atoms with van der Waals surface area (Å²) in [5.41, 5.74) is 3.62. The minimum Gasteiger partial charge on any atom is -0.337 e. The lowest BCUT2D eigenvalue weighted by Crippen LogP contribution is -2.57. The summed E-state index contributed by atoms with van der Waals surface area (Å²) < 4.78 is 56.5. The normalized spacial score (nSPS) is 27.1. The zero-order chi connectivity index (χ0) is 24.8. The summed E-state index contributed by atoms with van der Waals surface area (Å²) in [4.78, 5) is 13.0. The zero-order valence-electron chi connectivity index (χ0n) is 20.5. The first-order valence-electron chi connectivity index (χ1n) is 12.6. The Morgan fingerprint density at radius 1 is 1.17 bits per heavy atom. The van der Waals surface area contributed by atoms with Crippen LogP contribution in [0.4, 0.5) is 0 Å². The smallest absolute Gasteiger partial charge is 0.279 e. The van der Waals surface area contributed by atoms with Gasteiger partial charge < -0.3 is 4.89 Å². The van der Waals surface area contributed by atoms with E-state index in [1.165, 1.54) is 22.5 Å². The number of sulfonamides is 1. The third kappa shape index (κ3) is 4.98. The molecule has 0 unspecified atom stereocenters. The SMILES string of the molecule is CCNS(=O)(=O)N(C)CCCS(=O)(=O)N1CCC[C@H]2CN3CCc4cc5c(cc4[C@@H]3C[C@H]21)OOC5. The van der Waals surface area contributed by atoms with Crippen LogP contribution in [0, 0.1) is 5.92 Å². The summed E-state index contributed by atoms with van der Waals surface area (Å²) in [5.74, 6) is 1.05. The van der Waals surface area contributed by atoms with E-state index in [-0.39, 0.29) is 30.8 Å². The molecule has 4 heterocycles. The summed E-state index contributed by atoms with van der Waals surface area (Å²) in [6.07, 6.45) is 3.92. The van der Waals surface area contributed by atoms with Crippen molar-refractivity contribution in [2.45, 2.75) is 57.7 Å². The van der Waals surface area contributed by atoms with Crippen LogP contribution in [0.3, 0.4) is 0 Å². The number of benzene rings is 1. The number of hydrogen-bond acceptors (Lipinski definition) is 7. The van der Waals surface area contributed by atoms with E-state index < -0.39 is 20.2 Å². The van der Waals surface area contributed by atoms with Crippen molar-refractivity contribution in [3.8, 4) is 5.75 Å². The molecule has 0 aliphatic carbocycles. The molecule has 196 valence electrons. The molecule has 10 nitrogen and oxygen atoms in total. The van der Waals surface area contributed by atoms with Gasteiger partial charge in [0.15, 0.2) is 5.75 Å². The summed E-state index contributed by atoms with van der Waals surface area (Å²) >= 11 is 0. The van der Waals surface area contributed by atoms with Gasteiger partial charge in [-0.15, -0.1) is 0 Å². The monoisotopic (exact) mass is 528 g/mol. The largest absolute Gasteiger partial charge is 0.337 e. The fraction of sp³-hybridized carbons (Fsp3) is 0.739. The molecule has 1 aromatic rings. The van der Waals surface area contributed by atoms with Gasteiger partial charge in [-0.2, -0.15) is 21.9 Å². The van der Waals surface area contributed by atoms with E-state index in [1.807, 2.05) is 0 Å². The maximum Gasteiger partial charge on any atom is 0.279 e. The molecular formula is C23H36N4O6S2. The molecule has 35 heavy (non-hydrogen) atoms. The maximum atomic E-state index is 13.4. The second-order valence-electron chi connectivity index (χ2n) is 10.1. The second-order valence-corrected chi connectivity index (χ2v) is 14.0. The van der Waals surface area contributed by atoms with Crippen LogP contribution in [0.1, 0.15) is 55.3 Å². The van der Waals surface area contributed by atoms with Gasteiger partial charge in [0.25, 0.3) is 10.2 Å². The van der Waals surface area contributed by atoms with Gasteiger partial charge >= 0.3 is 0 Å². The third-order valence-electron chi connectivity index (χ3n) is 7.92. The molecule has 2 saturated heterocycles. The van der Waals surface area contributed by atoms with Gasteiger partial charge in [-0.25, -0.2) is 13.1 Å². The van der Waals surface area contributed by atoms with Crippen LogP contribution in [0.5, 0.6) is 5.75 Å². The molecule has 0 radical (unpaired) electrons. The van der Waals surface area contributed by atoms with E-state index >= 15 is 0 Å². The summed E-state index contributed by atoms with van der Waals surface area (Å²) in [6.45, 7) is 5.07.